The molecule has 0 spiro atoms. The van der Waals surface area contributed by atoms with Crippen molar-refractivity contribution in [1.82, 2.24) is 10.3 Å². The first-order chi connectivity index (χ1) is 14.6. The Morgan fingerprint density at radius 1 is 1.13 bits per heavy atom. The number of Topliss-reactive ketones (excluding diaryl/α,β-unsaturated/α-hetero) is 1. The number of nitrogens with zero attached hydrogens (tertiary/aromatic N) is 1. The normalized spacial score (nSPS) is 21.2. The Kier molecular flexibility index (Phi) is 5.79. The lowest BCUT2D eigenvalue weighted by Gasteiger charge is -2.36. The smallest absolute Gasteiger partial charge is 0.336 e. The molecule has 5 nitrogen and oxygen atoms in total. The molecule has 0 bridgehead atoms. The summed E-state index contributed by atoms with van der Waals surface area (Å²) in [6, 6.07) is 13.9. The molecule has 2 aliphatic rings. The van der Waals surface area contributed by atoms with Crippen LogP contribution in [0.3, 0.4) is 0 Å². The van der Waals surface area contributed by atoms with Crippen LogP contribution < -0.4 is 5.32 Å². The average molecular weight is 402 g/mol. The highest BCUT2D eigenvalue weighted by Gasteiger charge is 2.41. The van der Waals surface area contributed by atoms with Gasteiger partial charge in [0.25, 0.3) is 0 Å². The van der Waals surface area contributed by atoms with E-state index in [2.05, 4.69) is 22.4 Å². The maximum absolute atomic E-state index is 13.4. The van der Waals surface area contributed by atoms with E-state index in [0.29, 0.717) is 24.2 Å². The molecule has 154 valence electrons. The maximum atomic E-state index is 13.4. The van der Waals surface area contributed by atoms with E-state index in [4.69, 9.17) is 4.74 Å². The molecular formula is C25H26N2O3. The molecule has 0 saturated carbocycles. The van der Waals surface area contributed by atoms with E-state index in [1.165, 1.54) is 0 Å². The van der Waals surface area contributed by atoms with E-state index in [1.807, 2.05) is 44.2 Å². The van der Waals surface area contributed by atoms with Crippen LogP contribution in [0, 0.1) is 0 Å². The highest BCUT2D eigenvalue weighted by molar-refractivity contribution is 6.04. The molecule has 4 rings (SSSR count). The van der Waals surface area contributed by atoms with Gasteiger partial charge in [0.05, 0.1) is 12.2 Å². The van der Waals surface area contributed by atoms with E-state index in [9.17, 15) is 9.59 Å². The van der Waals surface area contributed by atoms with Gasteiger partial charge in [0.15, 0.2) is 5.78 Å². The number of hydrogen-bond donors (Lipinski definition) is 1. The van der Waals surface area contributed by atoms with Crippen LogP contribution in [0.2, 0.25) is 0 Å². The van der Waals surface area contributed by atoms with Gasteiger partial charge in [-0.15, -0.1) is 0 Å². The van der Waals surface area contributed by atoms with Crippen LogP contribution in [0.5, 0.6) is 0 Å². The standard InChI is InChI=1S/C25H26N2O3/c1-3-12-30-25(29)22-16(2)27-20-13-19(17-8-5-4-6-9-17)14-21(28)24(20)23(22)18-10-7-11-26-15-18/h4-11,15,19,23,27H,3,12-14H2,1-2H3/t19-,23-/m0/s1. The van der Waals surface area contributed by atoms with Gasteiger partial charge in [-0.3, -0.25) is 9.78 Å². The monoisotopic (exact) mass is 402 g/mol. The third kappa shape index (κ3) is 3.80. The van der Waals surface area contributed by atoms with E-state index in [0.717, 1.165) is 35.4 Å². The summed E-state index contributed by atoms with van der Waals surface area (Å²) in [6.07, 6.45) is 5.33. The number of hydrogen-bond acceptors (Lipinski definition) is 5. The third-order valence-electron chi connectivity index (χ3n) is 5.77. The molecule has 0 amide bonds. The summed E-state index contributed by atoms with van der Waals surface area (Å²) in [6.45, 7) is 4.19. The number of ether oxygens (including phenoxy) is 1. The Hall–Kier alpha value is -3.21. The zero-order chi connectivity index (χ0) is 21.1. The van der Waals surface area contributed by atoms with Crippen molar-refractivity contribution in [3.63, 3.8) is 0 Å². The van der Waals surface area contributed by atoms with Crippen molar-refractivity contribution in [3.05, 3.63) is 88.5 Å². The summed E-state index contributed by atoms with van der Waals surface area (Å²) in [5.74, 6) is -0.635. The molecule has 1 N–H and O–H groups in total. The summed E-state index contributed by atoms with van der Waals surface area (Å²) in [5, 5.41) is 3.37. The van der Waals surface area contributed by atoms with E-state index in [1.54, 1.807) is 12.4 Å². The Bertz CT molecular complexity index is 1010. The van der Waals surface area contributed by atoms with Gasteiger partial charge in [0.2, 0.25) is 0 Å². The fraction of sp³-hybridized carbons (Fsp3) is 0.320. The van der Waals surface area contributed by atoms with Crippen molar-refractivity contribution in [2.24, 2.45) is 0 Å². The minimum atomic E-state index is -0.455. The Balaban J connectivity index is 1.76. The van der Waals surface area contributed by atoms with Crippen LogP contribution in [0.4, 0.5) is 0 Å². The molecule has 0 unspecified atom stereocenters. The molecule has 0 radical (unpaired) electrons. The first-order valence-electron chi connectivity index (χ1n) is 10.5. The van der Waals surface area contributed by atoms with Gasteiger partial charge in [0, 0.05) is 41.7 Å². The fourth-order valence-corrected chi connectivity index (χ4v) is 4.42. The quantitative estimate of drug-likeness (QED) is 0.751. The molecule has 1 aromatic carbocycles. The van der Waals surface area contributed by atoms with Gasteiger partial charge in [-0.25, -0.2) is 4.79 Å². The predicted molar refractivity (Wildman–Crippen MR) is 115 cm³/mol. The lowest BCUT2D eigenvalue weighted by molar-refractivity contribution is -0.139. The van der Waals surface area contributed by atoms with Crippen LogP contribution in [0.25, 0.3) is 0 Å². The second kappa shape index (κ2) is 8.66. The van der Waals surface area contributed by atoms with Crippen LogP contribution in [-0.4, -0.2) is 23.3 Å². The van der Waals surface area contributed by atoms with Gasteiger partial charge in [-0.05, 0) is 42.9 Å². The molecule has 1 aromatic heterocycles. The molecule has 30 heavy (non-hydrogen) atoms. The third-order valence-corrected chi connectivity index (χ3v) is 5.77. The number of aromatic nitrogens is 1. The summed E-state index contributed by atoms with van der Waals surface area (Å²) < 4.78 is 5.47. The summed E-state index contributed by atoms with van der Waals surface area (Å²) >= 11 is 0. The minimum Gasteiger partial charge on any atom is -0.462 e. The molecule has 2 heterocycles. The molecule has 1 aliphatic carbocycles. The largest absolute Gasteiger partial charge is 0.462 e. The summed E-state index contributed by atoms with van der Waals surface area (Å²) in [7, 11) is 0. The molecular weight excluding hydrogens is 376 g/mol. The van der Waals surface area contributed by atoms with Crippen molar-refractivity contribution in [2.75, 3.05) is 6.61 Å². The Morgan fingerprint density at radius 3 is 2.60 bits per heavy atom. The Morgan fingerprint density at radius 2 is 1.90 bits per heavy atom. The number of carbonyl (C=O) groups excluding carboxylic acids is 2. The number of carbonyl (C=O) groups is 2. The molecule has 2 atom stereocenters. The zero-order valence-corrected chi connectivity index (χ0v) is 17.4. The number of pyridine rings is 1. The molecule has 5 heteroatoms. The van der Waals surface area contributed by atoms with Gasteiger partial charge in [-0.1, -0.05) is 43.3 Å². The average Bonchev–Trinajstić information content (AvgIpc) is 2.77. The van der Waals surface area contributed by atoms with E-state index >= 15 is 0 Å². The number of nitrogens with one attached hydrogen (secondary N) is 1. The maximum Gasteiger partial charge on any atom is 0.336 e. The van der Waals surface area contributed by atoms with Gasteiger partial charge in [-0.2, -0.15) is 0 Å². The lowest BCUT2D eigenvalue weighted by atomic mass is 9.72. The second-order valence-electron chi connectivity index (χ2n) is 7.85. The van der Waals surface area contributed by atoms with Crippen molar-refractivity contribution < 1.29 is 14.3 Å². The molecule has 0 saturated heterocycles. The van der Waals surface area contributed by atoms with Gasteiger partial charge in [0.1, 0.15) is 0 Å². The topological polar surface area (TPSA) is 68.3 Å². The number of benzene rings is 1. The molecule has 2 aromatic rings. The molecule has 1 aliphatic heterocycles. The number of ketones is 1. The van der Waals surface area contributed by atoms with Crippen LogP contribution in [0.15, 0.2) is 77.4 Å². The number of allylic oxidation sites excluding steroid dienone is 3. The summed E-state index contributed by atoms with van der Waals surface area (Å²) in [5.41, 5.74) is 4.81. The highest BCUT2D eigenvalue weighted by Crippen LogP contribution is 2.45. The fourth-order valence-electron chi connectivity index (χ4n) is 4.42. The lowest BCUT2D eigenvalue weighted by Crippen LogP contribution is -2.36. The number of esters is 1. The van der Waals surface area contributed by atoms with E-state index < -0.39 is 5.92 Å². The molecule has 0 fully saturated rings. The van der Waals surface area contributed by atoms with Crippen LogP contribution in [-0.2, 0) is 14.3 Å². The van der Waals surface area contributed by atoms with Crippen molar-refractivity contribution in [1.29, 1.82) is 0 Å². The second-order valence-corrected chi connectivity index (χ2v) is 7.85. The Labute approximate surface area is 176 Å². The van der Waals surface area contributed by atoms with Crippen LogP contribution in [0.1, 0.15) is 56.1 Å². The zero-order valence-electron chi connectivity index (χ0n) is 17.4. The number of dihydropyridines is 1. The number of rotatable bonds is 5. The van der Waals surface area contributed by atoms with Crippen molar-refractivity contribution in [2.45, 2.75) is 44.9 Å². The first-order valence-corrected chi connectivity index (χ1v) is 10.5. The highest BCUT2D eigenvalue weighted by atomic mass is 16.5. The SMILES string of the molecule is CCCOC(=O)C1=C(C)NC2=C(C(=O)C[C@@H](c3ccccc3)C2)[C@H]1c1cccnc1. The van der Waals surface area contributed by atoms with Gasteiger partial charge < -0.3 is 10.1 Å². The van der Waals surface area contributed by atoms with E-state index in [-0.39, 0.29) is 17.7 Å². The van der Waals surface area contributed by atoms with Crippen LogP contribution >= 0.6 is 0 Å². The predicted octanol–water partition coefficient (Wildman–Crippen LogP) is 4.40. The van der Waals surface area contributed by atoms with Gasteiger partial charge >= 0.3 is 5.97 Å². The minimum absolute atomic E-state index is 0.0692. The first kappa shape index (κ1) is 20.1. The van der Waals surface area contributed by atoms with Crippen molar-refractivity contribution >= 4 is 11.8 Å². The summed E-state index contributed by atoms with van der Waals surface area (Å²) in [4.78, 5) is 30.6. The van der Waals surface area contributed by atoms with Crippen molar-refractivity contribution in [3.8, 4) is 0 Å².